The second-order valence-corrected chi connectivity index (χ2v) is 9.34. The number of aromatic nitrogens is 2. The maximum atomic E-state index is 12.7. The monoisotopic (exact) mass is 551 g/mol. The van der Waals surface area contributed by atoms with E-state index in [1.165, 1.54) is 21.3 Å². The van der Waals surface area contributed by atoms with Crippen LogP contribution in [0.1, 0.15) is 35.4 Å². The molecule has 1 heterocycles. The molecule has 1 aromatic heterocycles. The molecular weight excluding hydrogens is 518 g/mol. The molecule has 0 bridgehead atoms. The van der Waals surface area contributed by atoms with Gasteiger partial charge in [-0.15, -0.1) is 0 Å². The summed E-state index contributed by atoms with van der Waals surface area (Å²) in [5.41, 5.74) is 2.52. The minimum absolute atomic E-state index is 0.186. The second-order valence-electron chi connectivity index (χ2n) is 8.93. The lowest BCUT2D eigenvalue weighted by atomic mass is 10.1. The average molecular weight is 552 g/mol. The number of hydrogen-bond acceptors (Lipinski definition) is 6. The van der Waals surface area contributed by atoms with Crippen LogP contribution >= 0.6 is 11.6 Å². The number of rotatable bonds is 14. The minimum Gasteiger partial charge on any atom is -0.493 e. The number of carbonyl (C=O) groups is 1. The summed E-state index contributed by atoms with van der Waals surface area (Å²) in [5.74, 6) is 2.87. The lowest BCUT2D eigenvalue weighted by Crippen LogP contribution is -2.24. The molecule has 0 aliphatic rings. The third kappa shape index (κ3) is 6.95. The van der Waals surface area contributed by atoms with E-state index in [1.807, 2.05) is 42.5 Å². The molecule has 39 heavy (non-hydrogen) atoms. The number of nitrogens with zero attached hydrogens (tertiary/aromatic N) is 2. The van der Waals surface area contributed by atoms with Crippen LogP contribution in [0.2, 0.25) is 5.02 Å². The molecule has 0 fully saturated rings. The Labute approximate surface area is 233 Å². The van der Waals surface area contributed by atoms with Crippen LogP contribution in [0.15, 0.2) is 60.7 Å². The van der Waals surface area contributed by atoms with Crippen molar-refractivity contribution in [1.29, 1.82) is 0 Å². The van der Waals surface area contributed by atoms with Gasteiger partial charge in [0.05, 0.1) is 43.9 Å². The van der Waals surface area contributed by atoms with E-state index in [0.29, 0.717) is 53.3 Å². The van der Waals surface area contributed by atoms with Gasteiger partial charge in [0.25, 0.3) is 5.91 Å². The molecule has 0 atom stereocenters. The molecule has 0 radical (unpaired) electrons. The van der Waals surface area contributed by atoms with Crippen LogP contribution < -0.4 is 24.3 Å². The van der Waals surface area contributed by atoms with Crippen molar-refractivity contribution in [1.82, 2.24) is 14.9 Å². The number of para-hydroxylation sites is 3. The van der Waals surface area contributed by atoms with Crippen LogP contribution in [-0.2, 0) is 13.0 Å². The number of hydrogen-bond donors (Lipinski definition) is 1. The molecule has 8 nitrogen and oxygen atoms in total. The van der Waals surface area contributed by atoms with E-state index in [4.69, 9.17) is 35.5 Å². The van der Waals surface area contributed by atoms with Crippen molar-refractivity contribution in [2.24, 2.45) is 0 Å². The zero-order valence-electron chi connectivity index (χ0n) is 22.5. The maximum absolute atomic E-state index is 12.7. The summed E-state index contributed by atoms with van der Waals surface area (Å²) in [7, 11) is 4.59. The smallest absolute Gasteiger partial charge is 0.251 e. The highest BCUT2D eigenvalue weighted by atomic mass is 35.5. The molecule has 0 spiro atoms. The molecular formula is C30H34ClN3O5. The third-order valence-corrected chi connectivity index (χ3v) is 6.74. The van der Waals surface area contributed by atoms with Gasteiger partial charge in [-0.3, -0.25) is 4.79 Å². The van der Waals surface area contributed by atoms with Crippen LogP contribution in [0, 0.1) is 0 Å². The Morgan fingerprint density at radius 2 is 1.62 bits per heavy atom. The van der Waals surface area contributed by atoms with Gasteiger partial charge in [-0.2, -0.15) is 0 Å². The summed E-state index contributed by atoms with van der Waals surface area (Å²) >= 11 is 6.23. The van der Waals surface area contributed by atoms with Crippen molar-refractivity contribution in [3.05, 3.63) is 77.1 Å². The van der Waals surface area contributed by atoms with Crippen LogP contribution in [-0.4, -0.2) is 49.9 Å². The van der Waals surface area contributed by atoms with E-state index >= 15 is 0 Å². The quantitative estimate of drug-likeness (QED) is 0.195. The van der Waals surface area contributed by atoms with E-state index < -0.39 is 0 Å². The van der Waals surface area contributed by atoms with Gasteiger partial charge in [-0.1, -0.05) is 42.3 Å². The van der Waals surface area contributed by atoms with Crippen LogP contribution in [0.3, 0.4) is 0 Å². The highest BCUT2D eigenvalue weighted by molar-refractivity contribution is 6.32. The third-order valence-electron chi connectivity index (χ3n) is 6.43. The Balaban J connectivity index is 1.28. The average Bonchev–Trinajstić information content (AvgIpc) is 3.32. The fourth-order valence-electron chi connectivity index (χ4n) is 4.48. The number of imidazole rings is 1. The van der Waals surface area contributed by atoms with E-state index in [1.54, 1.807) is 12.1 Å². The molecule has 1 amide bonds. The number of aryl methyl sites for hydroxylation is 1. The summed E-state index contributed by atoms with van der Waals surface area (Å²) in [6.07, 6.45) is 3.59. The van der Waals surface area contributed by atoms with Crippen molar-refractivity contribution in [2.45, 2.75) is 32.2 Å². The molecule has 4 rings (SSSR count). The molecule has 4 aromatic rings. The Kier molecular flexibility index (Phi) is 9.91. The highest BCUT2D eigenvalue weighted by Crippen LogP contribution is 2.38. The first-order chi connectivity index (χ1) is 19.0. The Morgan fingerprint density at radius 3 is 2.33 bits per heavy atom. The van der Waals surface area contributed by atoms with Gasteiger partial charge in [-0.25, -0.2) is 4.98 Å². The van der Waals surface area contributed by atoms with Gasteiger partial charge in [0.1, 0.15) is 18.2 Å². The normalized spacial score (nSPS) is 10.9. The molecule has 0 aliphatic heterocycles. The standard InChI is InChI=1S/C30H34ClN3O5/c1-36-26-19-21(20-27(37-2)29(26)38-3)30(35)32-16-10-4-5-15-28-33-23-12-7-8-13-24(23)34(28)17-18-39-25-14-9-6-11-22(25)31/h6-9,11-14,19-20H,4-5,10,15-18H2,1-3H3,(H,32,35). The number of halogens is 1. The van der Waals surface area contributed by atoms with Crippen LogP contribution in [0.5, 0.6) is 23.0 Å². The lowest BCUT2D eigenvalue weighted by molar-refractivity contribution is 0.0952. The first-order valence-electron chi connectivity index (χ1n) is 13.0. The first-order valence-corrected chi connectivity index (χ1v) is 13.3. The molecule has 206 valence electrons. The van der Waals surface area contributed by atoms with Gasteiger partial charge in [0.15, 0.2) is 11.5 Å². The topological polar surface area (TPSA) is 83.8 Å². The molecule has 3 aromatic carbocycles. The van der Waals surface area contributed by atoms with Gasteiger partial charge in [0.2, 0.25) is 5.75 Å². The fourth-order valence-corrected chi connectivity index (χ4v) is 4.67. The molecule has 1 N–H and O–H groups in total. The van der Waals surface area contributed by atoms with Gasteiger partial charge < -0.3 is 28.8 Å². The highest BCUT2D eigenvalue weighted by Gasteiger charge is 2.17. The Morgan fingerprint density at radius 1 is 0.897 bits per heavy atom. The number of nitrogens with one attached hydrogen (secondary N) is 1. The summed E-state index contributed by atoms with van der Waals surface area (Å²) in [6, 6.07) is 18.9. The summed E-state index contributed by atoms with van der Waals surface area (Å²) < 4.78 is 24.2. The van der Waals surface area contributed by atoms with E-state index in [2.05, 4.69) is 16.0 Å². The largest absolute Gasteiger partial charge is 0.493 e. The molecule has 0 aliphatic carbocycles. The predicted octanol–water partition coefficient (Wildman–Crippen LogP) is 5.94. The number of carbonyl (C=O) groups excluding carboxylic acids is 1. The summed E-state index contributed by atoms with van der Waals surface area (Å²) in [5, 5.41) is 3.58. The van der Waals surface area contributed by atoms with Crippen LogP contribution in [0.4, 0.5) is 0 Å². The van der Waals surface area contributed by atoms with Crippen molar-refractivity contribution in [2.75, 3.05) is 34.5 Å². The number of ether oxygens (including phenoxy) is 4. The van der Waals surface area contributed by atoms with Gasteiger partial charge >= 0.3 is 0 Å². The number of methoxy groups -OCH3 is 3. The second kappa shape index (κ2) is 13.8. The van der Waals surface area contributed by atoms with Gasteiger partial charge in [-0.05, 0) is 49.2 Å². The zero-order chi connectivity index (χ0) is 27.6. The summed E-state index contributed by atoms with van der Waals surface area (Å²) in [6.45, 7) is 1.73. The number of unbranched alkanes of at least 4 members (excludes halogenated alkanes) is 2. The predicted molar refractivity (Wildman–Crippen MR) is 153 cm³/mol. The zero-order valence-corrected chi connectivity index (χ0v) is 23.3. The number of amides is 1. The SMILES string of the molecule is COc1cc(C(=O)NCCCCCc2nc3ccccc3n2CCOc2ccccc2Cl)cc(OC)c1OC. The molecule has 0 saturated carbocycles. The number of fused-ring (bicyclic) bond motifs is 1. The van der Waals surface area contributed by atoms with E-state index in [9.17, 15) is 4.79 Å². The maximum Gasteiger partial charge on any atom is 0.251 e. The Bertz CT molecular complexity index is 1380. The fraction of sp³-hybridized carbons (Fsp3) is 0.333. The minimum atomic E-state index is -0.186. The van der Waals surface area contributed by atoms with E-state index in [-0.39, 0.29) is 5.91 Å². The van der Waals surface area contributed by atoms with Crippen molar-refractivity contribution in [3.8, 4) is 23.0 Å². The first kappa shape index (κ1) is 28.1. The Hall–Kier alpha value is -3.91. The van der Waals surface area contributed by atoms with Crippen molar-refractivity contribution >= 4 is 28.5 Å². The number of benzene rings is 3. The van der Waals surface area contributed by atoms with Gasteiger partial charge in [0, 0.05) is 18.5 Å². The lowest BCUT2D eigenvalue weighted by Gasteiger charge is -2.14. The van der Waals surface area contributed by atoms with Crippen molar-refractivity contribution in [3.63, 3.8) is 0 Å². The van der Waals surface area contributed by atoms with Crippen molar-refractivity contribution < 1.29 is 23.7 Å². The molecule has 9 heteroatoms. The van der Waals surface area contributed by atoms with E-state index in [0.717, 1.165) is 42.5 Å². The molecule has 0 saturated heterocycles. The van der Waals surface area contributed by atoms with Crippen LogP contribution in [0.25, 0.3) is 11.0 Å². The summed E-state index contributed by atoms with van der Waals surface area (Å²) in [4.78, 5) is 17.6. The molecule has 0 unspecified atom stereocenters.